The third-order valence-corrected chi connectivity index (χ3v) is 15.2. The average molecular weight is 937 g/mol. The van der Waals surface area contributed by atoms with E-state index in [1.54, 1.807) is 45.7 Å². The first-order valence-electron chi connectivity index (χ1n) is 22.5. The van der Waals surface area contributed by atoms with E-state index >= 15 is 0 Å². The van der Waals surface area contributed by atoms with Gasteiger partial charge in [-0.15, -0.1) is 5.06 Å². The normalized spacial score (nSPS) is 17.9. The summed E-state index contributed by atoms with van der Waals surface area (Å²) in [7, 11) is 4.81. The maximum absolute atomic E-state index is 14.0. The molecule has 13 nitrogen and oxygen atoms in total. The zero-order chi connectivity index (χ0) is 46.2. The Labute approximate surface area is 396 Å². The predicted molar refractivity (Wildman–Crippen MR) is 257 cm³/mol. The Morgan fingerprint density at radius 3 is 2.12 bits per heavy atom. The van der Waals surface area contributed by atoms with Gasteiger partial charge in [0.05, 0.1) is 24.4 Å². The van der Waals surface area contributed by atoms with Gasteiger partial charge in [0.2, 0.25) is 0 Å². The molecule has 5 heterocycles. The van der Waals surface area contributed by atoms with Crippen LogP contribution in [-0.4, -0.2) is 65.8 Å². The molecule has 4 amide bonds. The Morgan fingerprint density at radius 2 is 1.37 bits per heavy atom. The summed E-state index contributed by atoms with van der Waals surface area (Å²) in [5.74, 6) is 1.21. The highest BCUT2D eigenvalue weighted by molar-refractivity contribution is 8.76. The van der Waals surface area contributed by atoms with Gasteiger partial charge >= 0.3 is 5.97 Å². The zero-order valence-electron chi connectivity index (χ0n) is 37.2. The van der Waals surface area contributed by atoms with Crippen LogP contribution >= 0.6 is 21.6 Å². The Bertz CT molecular complexity index is 2850. The van der Waals surface area contributed by atoms with Gasteiger partial charge in [-0.25, -0.2) is 4.79 Å². The second-order valence-electron chi connectivity index (χ2n) is 17.3. The molecular formula is C52H48N4O9S2. The molecule has 0 spiro atoms. The average Bonchev–Trinajstić information content (AvgIpc) is 3.95. The first-order chi connectivity index (χ1) is 32.6. The van der Waals surface area contributed by atoms with E-state index in [1.165, 1.54) is 5.56 Å². The third-order valence-electron chi connectivity index (χ3n) is 12.8. The van der Waals surface area contributed by atoms with Crippen LogP contribution in [0.25, 0.3) is 0 Å². The Morgan fingerprint density at radius 1 is 0.701 bits per heavy atom. The summed E-state index contributed by atoms with van der Waals surface area (Å²) >= 11 is 0. The van der Waals surface area contributed by atoms with Crippen LogP contribution in [0.4, 0.5) is 17.1 Å². The highest BCUT2D eigenvalue weighted by atomic mass is 33.1. The van der Waals surface area contributed by atoms with Crippen molar-refractivity contribution >= 4 is 74.5 Å². The summed E-state index contributed by atoms with van der Waals surface area (Å²) in [4.78, 5) is 77.6. The monoisotopic (exact) mass is 936 g/mol. The van der Waals surface area contributed by atoms with E-state index in [0.29, 0.717) is 52.2 Å². The largest absolute Gasteiger partial charge is 0.493 e. The summed E-state index contributed by atoms with van der Waals surface area (Å²) in [6, 6.07) is 29.8. The maximum Gasteiger partial charge on any atom is 0.333 e. The van der Waals surface area contributed by atoms with Crippen molar-refractivity contribution in [1.29, 1.82) is 0 Å². The lowest BCUT2D eigenvalue weighted by Gasteiger charge is -2.23. The molecule has 0 aromatic heterocycles. The number of methoxy groups -OCH3 is 1. The quantitative estimate of drug-likeness (QED) is 0.0563. The molecule has 1 fully saturated rings. The summed E-state index contributed by atoms with van der Waals surface area (Å²) in [5.41, 5.74) is 10.6. The number of carbonyl (C=O) groups excluding carboxylic acids is 5. The molecule has 0 bridgehead atoms. The van der Waals surface area contributed by atoms with Crippen LogP contribution in [0.5, 0.6) is 17.2 Å². The molecule has 1 saturated heterocycles. The minimum atomic E-state index is -0.607. The zero-order valence-corrected chi connectivity index (χ0v) is 38.8. The minimum absolute atomic E-state index is 0.0374. The number of aryl methyl sites for hydroxylation is 2. The van der Waals surface area contributed by atoms with Crippen LogP contribution in [0.2, 0.25) is 0 Å². The number of aliphatic imine (C=N–C) groups is 1. The lowest BCUT2D eigenvalue weighted by molar-refractivity contribution is -0.197. The van der Waals surface area contributed by atoms with Crippen LogP contribution in [0.1, 0.15) is 91.8 Å². The van der Waals surface area contributed by atoms with Gasteiger partial charge in [0.15, 0.2) is 11.5 Å². The number of carbonyl (C=O) groups is 5. The lowest BCUT2D eigenvalue weighted by Crippen LogP contribution is -2.37. The third kappa shape index (κ3) is 9.01. The molecule has 2 atom stereocenters. The summed E-state index contributed by atoms with van der Waals surface area (Å²) in [5, 5.41) is 0.582. The SMILES string of the molecule is COc1cc2c(cc1OCc1cc(COc3cc4c(cc3C)C(=O)N3c5ccccc5C[C@H]3CC4)cc(CSSCCCC(=O)ON3C(=O)CCC3=O)c1)N=C[C@@H]1Cc3ccccc3N1C2=O. The van der Waals surface area contributed by atoms with Crippen LogP contribution in [0, 0.1) is 6.92 Å². The van der Waals surface area contributed by atoms with Crippen molar-refractivity contribution in [2.24, 2.45) is 4.99 Å². The van der Waals surface area contributed by atoms with Crippen LogP contribution < -0.4 is 24.0 Å². The number of amides is 4. The van der Waals surface area contributed by atoms with Gasteiger partial charge in [0.1, 0.15) is 19.0 Å². The Hall–Kier alpha value is -6.58. The first-order valence-corrected chi connectivity index (χ1v) is 25.0. The molecule has 67 heavy (non-hydrogen) atoms. The molecule has 0 saturated carbocycles. The number of benzene rings is 5. The van der Waals surface area contributed by atoms with Crippen LogP contribution in [-0.2, 0) is 57.5 Å². The lowest BCUT2D eigenvalue weighted by atomic mass is 9.98. The van der Waals surface area contributed by atoms with Gasteiger partial charge in [-0.05, 0) is 108 Å². The van der Waals surface area contributed by atoms with E-state index in [4.69, 9.17) is 24.0 Å². The second kappa shape index (κ2) is 19.0. The van der Waals surface area contributed by atoms with Gasteiger partial charge in [-0.2, -0.15) is 0 Å². The highest BCUT2D eigenvalue weighted by Gasteiger charge is 2.39. The number of nitrogens with zero attached hydrogens (tertiary/aromatic N) is 4. The number of hydrogen-bond acceptors (Lipinski definition) is 12. The Balaban J connectivity index is 0.843. The van der Waals surface area contributed by atoms with Gasteiger partial charge in [0.25, 0.3) is 23.6 Å². The summed E-state index contributed by atoms with van der Waals surface area (Å²) in [6.45, 7) is 2.45. The molecule has 0 aliphatic carbocycles. The number of rotatable bonds is 15. The van der Waals surface area contributed by atoms with Crippen LogP contribution in [0.3, 0.4) is 0 Å². The topological polar surface area (TPSA) is 144 Å². The molecule has 342 valence electrons. The van der Waals surface area contributed by atoms with Gasteiger partial charge in [-0.1, -0.05) is 70.1 Å². The number of imide groups is 1. The molecule has 0 unspecified atom stereocenters. The molecule has 10 rings (SSSR count). The van der Waals surface area contributed by atoms with E-state index in [1.807, 2.05) is 72.6 Å². The van der Waals surface area contributed by atoms with E-state index in [0.717, 1.165) is 75.3 Å². The fraction of sp³-hybridized carbons (Fsp3) is 0.308. The van der Waals surface area contributed by atoms with E-state index in [9.17, 15) is 24.0 Å². The van der Waals surface area contributed by atoms with E-state index in [2.05, 4.69) is 24.3 Å². The number of ether oxygens (including phenoxy) is 3. The minimum Gasteiger partial charge on any atom is -0.493 e. The van der Waals surface area contributed by atoms with E-state index in [-0.39, 0.29) is 56.4 Å². The van der Waals surface area contributed by atoms with Gasteiger partial charge < -0.3 is 23.9 Å². The smallest absolute Gasteiger partial charge is 0.333 e. The number of hydrogen-bond donors (Lipinski definition) is 0. The van der Waals surface area contributed by atoms with Crippen molar-refractivity contribution in [3.8, 4) is 17.2 Å². The standard InChI is InChI=1S/C52H48N4O9S2/c1-31-18-40-35(13-14-38-22-36-8-3-5-10-43(36)54(38)51(40)60)24-45(31)63-28-32-19-33(21-34(20-32)30-67-66-17-7-12-50(59)65-56-48(57)15-16-49(56)58)29-64-47-26-42-41(25-46(47)62-2)52(61)55-39(27-53-42)23-37-9-4-6-11-44(37)55/h3-6,8-11,18-21,24-27,38-39H,7,12-17,22-23,28-30H2,1-2H3/t38-,39+/m1/s1. The fourth-order valence-electron chi connectivity index (χ4n) is 9.56. The van der Waals surface area contributed by atoms with Crippen LogP contribution in [0.15, 0.2) is 96.0 Å². The number of hydroxylamine groups is 2. The molecule has 5 aromatic carbocycles. The number of para-hydroxylation sites is 2. The van der Waals surface area contributed by atoms with Crippen molar-refractivity contribution in [3.05, 3.63) is 141 Å². The highest BCUT2D eigenvalue weighted by Crippen LogP contribution is 2.42. The molecule has 5 aliphatic rings. The molecule has 15 heteroatoms. The van der Waals surface area contributed by atoms with Crippen molar-refractivity contribution in [3.63, 3.8) is 0 Å². The van der Waals surface area contributed by atoms with Gasteiger partial charge in [-0.3, -0.25) is 29.1 Å². The van der Waals surface area contributed by atoms with Gasteiger partial charge in [0, 0.05) is 72.5 Å². The molecule has 5 aromatic rings. The summed E-state index contributed by atoms with van der Waals surface area (Å²) < 4.78 is 18.8. The predicted octanol–water partition coefficient (Wildman–Crippen LogP) is 9.24. The summed E-state index contributed by atoms with van der Waals surface area (Å²) in [6.07, 6.45) is 5.74. The van der Waals surface area contributed by atoms with E-state index < -0.39 is 17.8 Å². The first kappa shape index (κ1) is 44.3. The fourth-order valence-corrected chi connectivity index (χ4v) is 11.7. The molecule has 0 N–H and O–H groups in total. The maximum atomic E-state index is 14.0. The van der Waals surface area contributed by atoms with Crippen molar-refractivity contribution in [2.45, 2.75) is 89.3 Å². The Kier molecular flexibility index (Phi) is 12.5. The number of anilines is 2. The van der Waals surface area contributed by atoms with Crippen molar-refractivity contribution in [1.82, 2.24) is 5.06 Å². The second-order valence-corrected chi connectivity index (χ2v) is 19.9. The molecule has 5 aliphatic heterocycles. The molecule has 0 radical (unpaired) electrons. The van der Waals surface area contributed by atoms with Crippen molar-refractivity contribution < 1.29 is 43.0 Å². The molecular weight excluding hydrogens is 889 g/mol. The van der Waals surface area contributed by atoms with Crippen molar-refractivity contribution in [2.75, 3.05) is 22.7 Å². The number of fused-ring (bicyclic) bond motifs is 8.